The molecule has 1 heterocycles. The van der Waals surface area contributed by atoms with Gasteiger partial charge in [-0.15, -0.1) is 0 Å². The molecule has 1 aromatic heterocycles. The minimum absolute atomic E-state index is 0.0836. The molecule has 1 atom stereocenters. The van der Waals surface area contributed by atoms with Gasteiger partial charge in [0.2, 0.25) is 0 Å². The summed E-state index contributed by atoms with van der Waals surface area (Å²) in [5.74, 6) is 1.33. The van der Waals surface area contributed by atoms with E-state index in [0.717, 1.165) is 5.56 Å². The predicted octanol–water partition coefficient (Wildman–Crippen LogP) is 2.85. The van der Waals surface area contributed by atoms with Crippen molar-refractivity contribution in [2.45, 2.75) is 25.9 Å². The maximum atomic E-state index is 9.69. The van der Waals surface area contributed by atoms with Gasteiger partial charge < -0.3 is 14.9 Å². The number of para-hydroxylation sites is 1. The van der Waals surface area contributed by atoms with Crippen LogP contribution in [0.2, 0.25) is 0 Å². The van der Waals surface area contributed by atoms with Gasteiger partial charge in [0, 0.05) is 6.61 Å². The zero-order valence-electron chi connectivity index (χ0n) is 11.5. The Morgan fingerprint density at radius 2 is 2.00 bits per heavy atom. The molecule has 0 amide bonds. The van der Waals surface area contributed by atoms with Gasteiger partial charge in [-0.3, -0.25) is 4.98 Å². The van der Waals surface area contributed by atoms with Crippen LogP contribution in [0, 0.1) is 0 Å². The zero-order chi connectivity index (χ0) is 14.4. The number of hydrogen-bond donors (Lipinski definition) is 2. The first kappa shape index (κ1) is 14.5. The lowest BCUT2D eigenvalue weighted by Crippen LogP contribution is -1.99. The second kappa shape index (κ2) is 7.03. The van der Waals surface area contributed by atoms with Crippen LogP contribution in [0.1, 0.15) is 30.7 Å². The predicted molar refractivity (Wildman–Crippen MR) is 76.8 cm³/mol. The third kappa shape index (κ3) is 3.56. The van der Waals surface area contributed by atoms with E-state index in [1.54, 1.807) is 18.3 Å². The summed E-state index contributed by atoms with van der Waals surface area (Å²) < 4.78 is 5.78. The van der Waals surface area contributed by atoms with Crippen molar-refractivity contribution in [2.24, 2.45) is 0 Å². The van der Waals surface area contributed by atoms with E-state index in [4.69, 9.17) is 9.84 Å². The highest BCUT2D eigenvalue weighted by Gasteiger charge is 2.08. The first-order valence-corrected chi connectivity index (χ1v) is 6.75. The fourth-order valence-corrected chi connectivity index (χ4v) is 1.92. The molecule has 0 spiro atoms. The molecule has 0 aliphatic heterocycles. The van der Waals surface area contributed by atoms with Crippen molar-refractivity contribution in [3.05, 3.63) is 53.9 Å². The number of benzene rings is 1. The molecular weight excluding hydrogens is 254 g/mol. The Balaban J connectivity index is 2.14. The number of nitrogens with zero attached hydrogens (tertiary/aromatic N) is 1. The van der Waals surface area contributed by atoms with Crippen LogP contribution >= 0.6 is 0 Å². The molecule has 4 heteroatoms. The summed E-state index contributed by atoms with van der Waals surface area (Å²) in [5, 5.41) is 18.7. The molecule has 2 rings (SSSR count). The second-order valence-corrected chi connectivity index (χ2v) is 4.53. The van der Waals surface area contributed by atoms with Crippen LogP contribution in [-0.4, -0.2) is 21.8 Å². The molecule has 0 unspecified atom stereocenters. The number of aliphatic hydroxyl groups is 2. The summed E-state index contributed by atoms with van der Waals surface area (Å²) in [7, 11) is 0. The van der Waals surface area contributed by atoms with Crippen LogP contribution in [0.25, 0.3) is 0 Å². The average molecular weight is 273 g/mol. The minimum atomic E-state index is -0.536. The summed E-state index contributed by atoms with van der Waals surface area (Å²) in [6.07, 6.45) is 2.25. The van der Waals surface area contributed by atoms with Gasteiger partial charge >= 0.3 is 0 Å². The van der Waals surface area contributed by atoms with Gasteiger partial charge in [-0.2, -0.15) is 0 Å². The summed E-state index contributed by atoms with van der Waals surface area (Å²) >= 11 is 0. The highest BCUT2D eigenvalue weighted by atomic mass is 16.5. The quantitative estimate of drug-likeness (QED) is 0.849. The van der Waals surface area contributed by atoms with E-state index < -0.39 is 6.10 Å². The van der Waals surface area contributed by atoms with Gasteiger partial charge in [-0.1, -0.05) is 25.1 Å². The topological polar surface area (TPSA) is 62.6 Å². The third-order valence-electron chi connectivity index (χ3n) is 3.07. The van der Waals surface area contributed by atoms with E-state index >= 15 is 0 Å². The lowest BCUT2D eigenvalue weighted by atomic mass is 10.1. The monoisotopic (exact) mass is 273 g/mol. The summed E-state index contributed by atoms with van der Waals surface area (Å²) in [5.41, 5.74) is 1.59. The Hall–Kier alpha value is -1.91. The summed E-state index contributed by atoms with van der Waals surface area (Å²) in [6, 6.07) is 11.1. The van der Waals surface area contributed by atoms with Crippen molar-refractivity contribution in [2.75, 3.05) is 6.61 Å². The maximum absolute atomic E-state index is 9.69. The van der Waals surface area contributed by atoms with Gasteiger partial charge in [0.1, 0.15) is 11.5 Å². The Morgan fingerprint density at radius 1 is 1.20 bits per heavy atom. The highest BCUT2D eigenvalue weighted by molar-refractivity contribution is 5.37. The molecule has 0 aliphatic rings. The molecule has 20 heavy (non-hydrogen) atoms. The van der Waals surface area contributed by atoms with Crippen molar-refractivity contribution in [1.82, 2.24) is 4.98 Å². The Morgan fingerprint density at radius 3 is 2.65 bits per heavy atom. The molecule has 0 fully saturated rings. The van der Waals surface area contributed by atoms with E-state index in [1.165, 1.54) is 0 Å². The van der Waals surface area contributed by atoms with Gasteiger partial charge in [0.05, 0.1) is 18.0 Å². The van der Waals surface area contributed by atoms with Gasteiger partial charge in [0.15, 0.2) is 0 Å². The highest BCUT2D eigenvalue weighted by Crippen LogP contribution is 2.26. The lowest BCUT2D eigenvalue weighted by molar-refractivity contribution is 0.169. The maximum Gasteiger partial charge on any atom is 0.145 e. The molecule has 0 radical (unpaired) electrons. The van der Waals surface area contributed by atoms with E-state index in [2.05, 4.69) is 4.98 Å². The molecule has 0 saturated carbocycles. The first-order valence-electron chi connectivity index (χ1n) is 6.75. The van der Waals surface area contributed by atoms with Gasteiger partial charge in [-0.05, 0) is 36.6 Å². The van der Waals surface area contributed by atoms with Crippen molar-refractivity contribution in [3.8, 4) is 11.5 Å². The Bertz CT molecular complexity index is 540. The van der Waals surface area contributed by atoms with Crippen molar-refractivity contribution >= 4 is 0 Å². The molecule has 2 N–H and O–H groups in total. The van der Waals surface area contributed by atoms with E-state index in [9.17, 15) is 5.11 Å². The number of pyridine rings is 1. The number of aromatic nitrogens is 1. The van der Waals surface area contributed by atoms with Gasteiger partial charge in [0.25, 0.3) is 0 Å². The lowest BCUT2D eigenvalue weighted by Gasteiger charge is -2.11. The van der Waals surface area contributed by atoms with Gasteiger partial charge in [-0.25, -0.2) is 0 Å². The first-order chi connectivity index (χ1) is 9.74. The van der Waals surface area contributed by atoms with Crippen LogP contribution in [0.3, 0.4) is 0 Å². The number of hydrogen-bond acceptors (Lipinski definition) is 4. The van der Waals surface area contributed by atoms with E-state index in [1.807, 2.05) is 31.2 Å². The smallest absolute Gasteiger partial charge is 0.145 e. The summed E-state index contributed by atoms with van der Waals surface area (Å²) in [4.78, 5) is 4.20. The second-order valence-electron chi connectivity index (χ2n) is 4.53. The van der Waals surface area contributed by atoms with Crippen molar-refractivity contribution in [3.63, 3.8) is 0 Å². The standard InChI is InChI=1S/C16H19NO3/c1-2-15(19)14-8-7-13(11-17-14)20-16-6-4-3-5-12(16)9-10-18/h3-8,11,15,18-19H,2,9-10H2,1H3/t15-/m0/s1. The Labute approximate surface area is 118 Å². The Kier molecular flexibility index (Phi) is 5.09. The largest absolute Gasteiger partial charge is 0.455 e. The molecule has 2 aromatic rings. The van der Waals surface area contributed by atoms with Crippen molar-refractivity contribution in [1.29, 1.82) is 0 Å². The summed E-state index contributed by atoms with van der Waals surface area (Å²) in [6.45, 7) is 1.99. The molecular formula is C16H19NO3. The van der Waals surface area contributed by atoms with Crippen LogP contribution in [0.4, 0.5) is 0 Å². The fraction of sp³-hybridized carbons (Fsp3) is 0.312. The molecule has 0 aliphatic carbocycles. The number of ether oxygens (including phenoxy) is 1. The molecule has 4 nitrogen and oxygen atoms in total. The average Bonchev–Trinajstić information content (AvgIpc) is 2.49. The fourth-order valence-electron chi connectivity index (χ4n) is 1.92. The van der Waals surface area contributed by atoms with E-state index in [0.29, 0.717) is 30.0 Å². The SMILES string of the molecule is CC[C@H](O)c1ccc(Oc2ccccc2CCO)cn1. The normalized spacial score (nSPS) is 12.2. The van der Waals surface area contributed by atoms with Crippen LogP contribution < -0.4 is 4.74 Å². The molecule has 0 bridgehead atoms. The van der Waals surface area contributed by atoms with Crippen LogP contribution in [0.5, 0.6) is 11.5 Å². The van der Waals surface area contributed by atoms with Crippen LogP contribution in [0.15, 0.2) is 42.6 Å². The molecule has 106 valence electrons. The third-order valence-corrected chi connectivity index (χ3v) is 3.07. The minimum Gasteiger partial charge on any atom is -0.455 e. The van der Waals surface area contributed by atoms with Crippen LogP contribution in [-0.2, 0) is 6.42 Å². The number of aliphatic hydroxyl groups excluding tert-OH is 2. The van der Waals surface area contributed by atoms with E-state index in [-0.39, 0.29) is 6.61 Å². The van der Waals surface area contributed by atoms with Crippen molar-refractivity contribution < 1.29 is 14.9 Å². The molecule has 1 aromatic carbocycles. The zero-order valence-corrected chi connectivity index (χ0v) is 11.5. The molecule has 0 saturated heterocycles. The number of rotatable bonds is 6.